The van der Waals surface area contributed by atoms with Crippen LogP contribution in [0.25, 0.3) is 10.9 Å². The summed E-state index contributed by atoms with van der Waals surface area (Å²) in [5, 5.41) is 1.11. The molecule has 1 fully saturated rings. The molecule has 1 saturated heterocycles. The maximum atomic E-state index is 12.2. The molecule has 1 atom stereocenters. The Kier molecular flexibility index (Phi) is 4.69. The Morgan fingerprint density at radius 1 is 1.28 bits per heavy atom. The number of aromatic nitrogens is 1. The number of carbonyl (C=O) groups is 1. The standard InChI is InChI=1S/C20H26N2O3/c1-19(2,3)25-18(23)22-12-10-20(4,14-22)24-13-15-9-11-21-17-8-6-5-7-16(15)17/h5-9,11H,10,12-14H2,1-4H3. The third-order valence-electron chi connectivity index (χ3n) is 4.40. The molecule has 1 aliphatic heterocycles. The molecule has 1 aromatic heterocycles. The minimum atomic E-state index is -0.479. The van der Waals surface area contributed by atoms with Gasteiger partial charge in [-0.05, 0) is 51.8 Å². The second-order valence-corrected chi connectivity index (χ2v) is 7.88. The van der Waals surface area contributed by atoms with Crippen LogP contribution in [0.3, 0.4) is 0 Å². The molecule has 3 rings (SSSR count). The van der Waals surface area contributed by atoms with Gasteiger partial charge in [0.15, 0.2) is 0 Å². The average molecular weight is 342 g/mol. The third-order valence-corrected chi connectivity index (χ3v) is 4.40. The number of amides is 1. The van der Waals surface area contributed by atoms with Gasteiger partial charge in [-0.3, -0.25) is 4.98 Å². The summed E-state index contributed by atoms with van der Waals surface area (Å²) in [6, 6.07) is 10.0. The fraction of sp³-hybridized carbons (Fsp3) is 0.500. The molecule has 0 N–H and O–H groups in total. The van der Waals surface area contributed by atoms with E-state index in [1.54, 1.807) is 4.90 Å². The van der Waals surface area contributed by atoms with Crippen molar-refractivity contribution >= 4 is 17.0 Å². The molecular weight excluding hydrogens is 316 g/mol. The van der Waals surface area contributed by atoms with Crippen LogP contribution < -0.4 is 0 Å². The molecule has 5 nitrogen and oxygen atoms in total. The molecule has 5 heteroatoms. The van der Waals surface area contributed by atoms with Crippen molar-refractivity contribution in [3.05, 3.63) is 42.1 Å². The molecule has 2 heterocycles. The summed E-state index contributed by atoms with van der Waals surface area (Å²) in [4.78, 5) is 18.4. The number of hydrogen-bond donors (Lipinski definition) is 0. The lowest BCUT2D eigenvalue weighted by Gasteiger charge is -2.27. The zero-order valence-corrected chi connectivity index (χ0v) is 15.4. The van der Waals surface area contributed by atoms with Crippen LogP contribution in [-0.2, 0) is 16.1 Å². The van der Waals surface area contributed by atoms with Gasteiger partial charge in [0.1, 0.15) is 5.60 Å². The van der Waals surface area contributed by atoms with E-state index in [0.717, 1.165) is 22.9 Å². The fourth-order valence-corrected chi connectivity index (χ4v) is 3.07. The van der Waals surface area contributed by atoms with Gasteiger partial charge in [0.2, 0.25) is 0 Å². The Balaban J connectivity index is 1.64. The van der Waals surface area contributed by atoms with E-state index in [2.05, 4.69) is 18.0 Å². The molecule has 0 aliphatic carbocycles. The maximum Gasteiger partial charge on any atom is 0.410 e. The number of rotatable bonds is 3. The smallest absolute Gasteiger partial charge is 0.410 e. The molecule has 134 valence electrons. The number of nitrogens with zero attached hydrogens (tertiary/aromatic N) is 2. The molecule has 0 spiro atoms. The van der Waals surface area contributed by atoms with Crippen molar-refractivity contribution in [3.63, 3.8) is 0 Å². The molecule has 2 aromatic rings. The number of pyridine rings is 1. The van der Waals surface area contributed by atoms with E-state index in [-0.39, 0.29) is 11.7 Å². The lowest BCUT2D eigenvalue weighted by molar-refractivity contribution is -0.0370. The largest absolute Gasteiger partial charge is 0.444 e. The van der Waals surface area contributed by atoms with Crippen molar-refractivity contribution in [1.82, 2.24) is 9.88 Å². The number of benzene rings is 1. The van der Waals surface area contributed by atoms with Crippen molar-refractivity contribution < 1.29 is 14.3 Å². The van der Waals surface area contributed by atoms with E-state index in [9.17, 15) is 4.79 Å². The zero-order valence-electron chi connectivity index (χ0n) is 15.4. The number of carbonyl (C=O) groups excluding carboxylic acids is 1. The quantitative estimate of drug-likeness (QED) is 0.841. The average Bonchev–Trinajstić information content (AvgIpc) is 2.94. The van der Waals surface area contributed by atoms with Gasteiger partial charge >= 0.3 is 6.09 Å². The van der Waals surface area contributed by atoms with Gasteiger partial charge in [-0.1, -0.05) is 18.2 Å². The number of para-hydroxylation sites is 1. The van der Waals surface area contributed by atoms with Crippen LogP contribution in [0.2, 0.25) is 0 Å². The minimum absolute atomic E-state index is 0.269. The van der Waals surface area contributed by atoms with Gasteiger partial charge in [0.25, 0.3) is 0 Å². The van der Waals surface area contributed by atoms with Crippen molar-refractivity contribution in [2.75, 3.05) is 13.1 Å². The molecular formula is C20H26N2O3. The molecule has 0 radical (unpaired) electrons. The van der Waals surface area contributed by atoms with Gasteiger partial charge in [-0.15, -0.1) is 0 Å². The van der Waals surface area contributed by atoms with Crippen molar-refractivity contribution in [2.24, 2.45) is 0 Å². The minimum Gasteiger partial charge on any atom is -0.444 e. The van der Waals surface area contributed by atoms with E-state index < -0.39 is 5.60 Å². The van der Waals surface area contributed by atoms with Crippen LogP contribution in [0.4, 0.5) is 4.79 Å². The lowest BCUT2D eigenvalue weighted by atomic mass is 10.1. The van der Waals surface area contributed by atoms with E-state index in [4.69, 9.17) is 9.47 Å². The summed E-state index contributed by atoms with van der Waals surface area (Å²) >= 11 is 0. The van der Waals surface area contributed by atoms with Crippen LogP contribution >= 0.6 is 0 Å². The van der Waals surface area contributed by atoms with E-state index in [1.807, 2.05) is 51.2 Å². The summed E-state index contributed by atoms with van der Waals surface area (Å²) in [5.41, 5.74) is 1.24. The first-order valence-electron chi connectivity index (χ1n) is 8.70. The van der Waals surface area contributed by atoms with Crippen molar-refractivity contribution in [3.8, 4) is 0 Å². The second kappa shape index (κ2) is 6.64. The molecule has 1 amide bonds. The van der Waals surface area contributed by atoms with Gasteiger partial charge < -0.3 is 14.4 Å². The second-order valence-electron chi connectivity index (χ2n) is 7.88. The number of fused-ring (bicyclic) bond motifs is 1. The molecule has 1 aliphatic rings. The Hall–Kier alpha value is -2.14. The Bertz CT molecular complexity index is 764. The Labute approximate surface area is 148 Å². The highest BCUT2D eigenvalue weighted by Gasteiger charge is 2.38. The highest BCUT2D eigenvalue weighted by atomic mass is 16.6. The first-order valence-corrected chi connectivity index (χ1v) is 8.70. The summed E-state index contributed by atoms with van der Waals surface area (Å²) in [6.07, 6.45) is 2.34. The summed E-state index contributed by atoms with van der Waals surface area (Å²) < 4.78 is 11.7. The zero-order chi connectivity index (χ0) is 18.1. The first kappa shape index (κ1) is 17.7. The van der Waals surface area contributed by atoms with Gasteiger partial charge in [-0.2, -0.15) is 0 Å². The van der Waals surface area contributed by atoms with E-state index >= 15 is 0 Å². The van der Waals surface area contributed by atoms with Crippen LogP contribution in [0.15, 0.2) is 36.5 Å². The maximum absolute atomic E-state index is 12.2. The monoisotopic (exact) mass is 342 g/mol. The Morgan fingerprint density at radius 2 is 2.04 bits per heavy atom. The van der Waals surface area contributed by atoms with Crippen LogP contribution in [-0.4, -0.2) is 40.3 Å². The summed E-state index contributed by atoms with van der Waals surface area (Å²) in [7, 11) is 0. The topological polar surface area (TPSA) is 51.7 Å². The molecule has 25 heavy (non-hydrogen) atoms. The predicted molar refractivity (Wildman–Crippen MR) is 97.4 cm³/mol. The summed E-state index contributed by atoms with van der Waals surface area (Å²) in [6.45, 7) is 9.40. The van der Waals surface area contributed by atoms with E-state index in [1.165, 1.54) is 0 Å². The number of hydrogen-bond acceptors (Lipinski definition) is 4. The fourth-order valence-electron chi connectivity index (χ4n) is 3.07. The molecule has 0 bridgehead atoms. The van der Waals surface area contributed by atoms with Crippen molar-refractivity contribution in [1.29, 1.82) is 0 Å². The van der Waals surface area contributed by atoms with Gasteiger partial charge in [0, 0.05) is 18.1 Å². The molecule has 0 saturated carbocycles. The SMILES string of the molecule is CC(C)(C)OC(=O)N1CCC(C)(OCc2ccnc3ccccc23)C1. The highest BCUT2D eigenvalue weighted by molar-refractivity contribution is 5.81. The highest BCUT2D eigenvalue weighted by Crippen LogP contribution is 2.28. The Morgan fingerprint density at radius 3 is 2.80 bits per heavy atom. The number of likely N-dealkylation sites (tertiary alicyclic amines) is 1. The first-order chi connectivity index (χ1) is 11.8. The van der Waals surface area contributed by atoms with Crippen LogP contribution in [0.5, 0.6) is 0 Å². The molecule has 1 unspecified atom stereocenters. The van der Waals surface area contributed by atoms with Crippen LogP contribution in [0.1, 0.15) is 39.7 Å². The van der Waals surface area contributed by atoms with Crippen LogP contribution in [0, 0.1) is 0 Å². The normalized spacial score (nSPS) is 20.9. The van der Waals surface area contributed by atoms with Gasteiger partial charge in [0.05, 0.1) is 24.3 Å². The van der Waals surface area contributed by atoms with Crippen molar-refractivity contribution in [2.45, 2.75) is 51.9 Å². The number of ether oxygens (including phenoxy) is 2. The summed E-state index contributed by atoms with van der Waals surface area (Å²) in [5.74, 6) is 0. The predicted octanol–water partition coefficient (Wildman–Crippen LogP) is 4.15. The lowest BCUT2D eigenvalue weighted by Crippen LogP contribution is -2.39. The third kappa shape index (κ3) is 4.28. The molecule has 1 aromatic carbocycles. The van der Waals surface area contributed by atoms with Gasteiger partial charge in [-0.25, -0.2) is 4.79 Å². The van der Waals surface area contributed by atoms with E-state index in [0.29, 0.717) is 19.7 Å².